The van der Waals surface area contributed by atoms with Gasteiger partial charge in [-0.1, -0.05) is 11.6 Å². The van der Waals surface area contributed by atoms with Crippen LogP contribution in [0.1, 0.15) is 25.7 Å². The summed E-state index contributed by atoms with van der Waals surface area (Å²) in [6, 6.07) is 5.05. The van der Waals surface area contributed by atoms with E-state index in [1.165, 1.54) is 7.11 Å². The van der Waals surface area contributed by atoms with E-state index in [1.54, 1.807) is 18.2 Å². The summed E-state index contributed by atoms with van der Waals surface area (Å²) in [4.78, 5) is 26.9. The fraction of sp³-hybridized carbons (Fsp3) is 0.500. The summed E-state index contributed by atoms with van der Waals surface area (Å²) in [5.74, 6) is 0.293. The first kappa shape index (κ1) is 15.2. The van der Waals surface area contributed by atoms with Gasteiger partial charge in [0.15, 0.2) is 0 Å². The van der Waals surface area contributed by atoms with Gasteiger partial charge < -0.3 is 15.0 Å². The lowest BCUT2D eigenvalue weighted by Gasteiger charge is -2.22. The molecular weight excluding hydrogens is 304 g/mol. The van der Waals surface area contributed by atoms with Crippen LogP contribution in [0.5, 0.6) is 5.75 Å². The molecule has 1 N–H and O–H groups in total. The summed E-state index contributed by atoms with van der Waals surface area (Å²) in [6.07, 6.45) is 3.30. The topological polar surface area (TPSA) is 58.6 Å². The monoisotopic (exact) mass is 322 g/mol. The van der Waals surface area contributed by atoms with E-state index in [9.17, 15) is 9.59 Å². The Balaban J connectivity index is 1.71. The van der Waals surface area contributed by atoms with Crippen LogP contribution >= 0.6 is 11.6 Å². The van der Waals surface area contributed by atoms with Gasteiger partial charge in [-0.05, 0) is 43.9 Å². The predicted octanol–water partition coefficient (Wildman–Crippen LogP) is 2.69. The Bertz CT molecular complexity index is 607. The van der Waals surface area contributed by atoms with E-state index < -0.39 is 5.41 Å². The molecule has 3 rings (SSSR count). The minimum Gasteiger partial charge on any atom is -0.495 e. The zero-order valence-corrected chi connectivity index (χ0v) is 13.3. The number of nitrogens with one attached hydrogen (secondary N) is 1. The Morgan fingerprint density at radius 3 is 2.50 bits per heavy atom. The maximum absolute atomic E-state index is 12.5. The standard InChI is InChI=1S/C16H19ClN2O3/c1-22-13-5-4-11(10-12(13)17)18-14(20)16(6-7-16)15(21)19-8-2-3-9-19/h4-5,10H,2-3,6-9H2,1H3,(H,18,20). The molecule has 1 aromatic rings. The second-order valence-corrected chi connectivity index (χ2v) is 6.29. The van der Waals surface area contributed by atoms with E-state index in [4.69, 9.17) is 16.3 Å². The van der Waals surface area contributed by atoms with Gasteiger partial charge in [0.1, 0.15) is 11.2 Å². The Morgan fingerprint density at radius 2 is 1.95 bits per heavy atom. The fourth-order valence-corrected chi connectivity index (χ4v) is 3.14. The average molecular weight is 323 g/mol. The zero-order valence-electron chi connectivity index (χ0n) is 12.5. The van der Waals surface area contributed by atoms with Crippen LogP contribution in [-0.4, -0.2) is 36.9 Å². The van der Waals surface area contributed by atoms with Crippen molar-refractivity contribution >= 4 is 29.1 Å². The molecule has 2 aliphatic rings. The zero-order chi connectivity index (χ0) is 15.7. The number of likely N-dealkylation sites (tertiary alicyclic amines) is 1. The largest absolute Gasteiger partial charge is 0.495 e. The third-order valence-electron chi connectivity index (χ3n) is 4.40. The lowest BCUT2D eigenvalue weighted by molar-refractivity contribution is -0.141. The van der Waals surface area contributed by atoms with Gasteiger partial charge in [0, 0.05) is 18.8 Å². The fourth-order valence-electron chi connectivity index (χ4n) is 2.88. The highest BCUT2D eigenvalue weighted by molar-refractivity contribution is 6.32. The predicted molar refractivity (Wildman–Crippen MR) is 84.1 cm³/mol. The number of hydrogen-bond donors (Lipinski definition) is 1. The van der Waals surface area contributed by atoms with Gasteiger partial charge in [0.2, 0.25) is 11.8 Å². The van der Waals surface area contributed by atoms with E-state index in [0.717, 1.165) is 25.9 Å². The highest BCUT2D eigenvalue weighted by Crippen LogP contribution is 2.48. The third kappa shape index (κ3) is 2.65. The molecule has 1 saturated carbocycles. The van der Waals surface area contributed by atoms with Crippen molar-refractivity contribution in [3.63, 3.8) is 0 Å². The molecule has 118 valence electrons. The smallest absolute Gasteiger partial charge is 0.240 e. The van der Waals surface area contributed by atoms with Crippen molar-refractivity contribution in [1.29, 1.82) is 0 Å². The molecule has 0 radical (unpaired) electrons. The number of benzene rings is 1. The van der Waals surface area contributed by atoms with Crippen molar-refractivity contribution in [3.05, 3.63) is 23.2 Å². The molecule has 1 aliphatic carbocycles. The minimum atomic E-state index is -0.864. The Labute approximate surface area is 134 Å². The van der Waals surface area contributed by atoms with E-state index in [-0.39, 0.29) is 11.8 Å². The Hall–Kier alpha value is -1.75. The highest BCUT2D eigenvalue weighted by Gasteiger charge is 2.58. The van der Waals surface area contributed by atoms with Crippen LogP contribution in [0.2, 0.25) is 5.02 Å². The van der Waals surface area contributed by atoms with Crippen LogP contribution in [0.15, 0.2) is 18.2 Å². The van der Waals surface area contributed by atoms with Gasteiger partial charge in [-0.3, -0.25) is 9.59 Å². The van der Waals surface area contributed by atoms with E-state index in [2.05, 4.69) is 5.32 Å². The SMILES string of the molecule is COc1ccc(NC(=O)C2(C(=O)N3CCCC3)CC2)cc1Cl. The molecule has 0 unspecified atom stereocenters. The number of rotatable bonds is 4. The van der Waals surface area contributed by atoms with Crippen LogP contribution in [0, 0.1) is 5.41 Å². The molecule has 2 fully saturated rings. The van der Waals surface area contributed by atoms with Crippen molar-refractivity contribution in [2.24, 2.45) is 5.41 Å². The minimum absolute atomic E-state index is 0.0258. The van der Waals surface area contributed by atoms with Crippen LogP contribution in [0.25, 0.3) is 0 Å². The lowest BCUT2D eigenvalue weighted by atomic mass is 10.0. The van der Waals surface area contributed by atoms with Crippen molar-refractivity contribution < 1.29 is 14.3 Å². The van der Waals surface area contributed by atoms with Gasteiger partial charge in [-0.25, -0.2) is 0 Å². The molecule has 6 heteroatoms. The van der Waals surface area contributed by atoms with Crippen LogP contribution in [0.3, 0.4) is 0 Å². The van der Waals surface area contributed by atoms with Crippen molar-refractivity contribution in [2.75, 3.05) is 25.5 Å². The quantitative estimate of drug-likeness (QED) is 0.867. The number of carbonyl (C=O) groups is 2. The second kappa shape index (κ2) is 5.80. The summed E-state index contributed by atoms with van der Waals surface area (Å²) in [5, 5.41) is 3.24. The molecule has 0 aromatic heterocycles. The van der Waals surface area contributed by atoms with Gasteiger partial charge in [0.05, 0.1) is 12.1 Å². The summed E-state index contributed by atoms with van der Waals surface area (Å²) in [5.41, 5.74) is -0.284. The molecule has 1 aliphatic heterocycles. The Morgan fingerprint density at radius 1 is 1.27 bits per heavy atom. The first-order valence-corrected chi connectivity index (χ1v) is 7.89. The van der Waals surface area contributed by atoms with Gasteiger partial charge >= 0.3 is 0 Å². The summed E-state index contributed by atoms with van der Waals surface area (Å²) in [6.45, 7) is 1.53. The lowest BCUT2D eigenvalue weighted by Crippen LogP contribution is -2.41. The van der Waals surface area contributed by atoms with Crippen molar-refractivity contribution in [3.8, 4) is 5.75 Å². The maximum atomic E-state index is 12.5. The second-order valence-electron chi connectivity index (χ2n) is 5.88. The highest BCUT2D eigenvalue weighted by atomic mass is 35.5. The normalized spacial score (nSPS) is 18.9. The molecule has 0 atom stereocenters. The molecule has 2 amide bonds. The van der Waals surface area contributed by atoms with E-state index in [0.29, 0.717) is 29.3 Å². The van der Waals surface area contributed by atoms with Gasteiger partial charge in [-0.2, -0.15) is 0 Å². The van der Waals surface area contributed by atoms with E-state index >= 15 is 0 Å². The number of nitrogens with zero attached hydrogens (tertiary/aromatic N) is 1. The molecule has 5 nitrogen and oxygen atoms in total. The molecule has 22 heavy (non-hydrogen) atoms. The number of carbonyl (C=O) groups excluding carboxylic acids is 2. The van der Waals surface area contributed by atoms with E-state index in [1.807, 2.05) is 4.90 Å². The first-order chi connectivity index (χ1) is 10.6. The number of hydrogen-bond acceptors (Lipinski definition) is 3. The van der Waals surface area contributed by atoms with Crippen LogP contribution in [0.4, 0.5) is 5.69 Å². The third-order valence-corrected chi connectivity index (χ3v) is 4.69. The van der Waals surface area contributed by atoms with Crippen molar-refractivity contribution in [1.82, 2.24) is 4.90 Å². The summed E-state index contributed by atoms with van der Waals surface area (Å²) >= 11 is 6.06. The number of amides is 2. The number of methoxy groups -OCH3 is 1. The van der Waals surface area contributed by atoms with Gasteiger partial charge in [0.25, 0.3) is 0 Å². The first-order valence-electron chi connectivity index (χ1n) is 7.51. The molecular formula is C16H19ClN2O3. The number of halogens is 1. The van der Waals surface area contributed by atoms with Crippen LogP contribution in [-0.2, 0) is 9.59 Å². The van der Waals surface area contributed by atoms with Crippen molar-refractivity contribution in [2.45, 2.75) is 25.7 Å². The number of anilines is 1. The van der Waals surface area contributed by atoms with Crippen LogP contribution < -0.4 is 10.1 Å². The Kier molecular flexibility index (Phi) is 4.00. The molecule has 1 aromatic carbocycles. The summed E-state index contributed by atoms with van der Waals surface area (Å²) < 4.78 is 5.08. The summed E-state index contributed by atoms with van der Waals surface area (Å²) in [7, 11) is 1.54. The molecule has 0 spiro atoms. The number of ether oxygens (including phenoxy) is 1. The maximum Gasteiger partial charge on any atom is 0.240 e. The molecule has 0 bridgehead atoms. The van der Waals surface area contributed by atoms with Gasteiger partial charge in [-0.15, -0.1) is 0 Å². The molecule has 1 heterocycles. The molecule has 1 saturated heterocycles. The average Bonchev–Trinajstić information content (AvgIpc) is 3.14.